The first-order valence-electron chi connectivity index (χ1n) is 9.62. The molecule has 6 nitrogen and oxygen atoms in total. The molecule has 0 radical (unpaired) electrons. The molecule has 1 fully saturated rings. The third-order valence-electron chi connectivity index (χ3n) is 5.73. The van der Waals surface area contributed by atoms with Gasteiger partial charge in [-0.25, -0.2) is 4.98 Å². The minimum absolute atomic E-state index is 0.133. The molecule has 0 saturated carbocycles. The van der Waals surface area contributed by atoms with Gasteiger partial charge in [0, 0.05) is 30.3 Å². The van der Waals surface area contributed by atoms with Gasteiger partial charge in [0.05, 0.1) is 16.6 Å². The minimum Gasteiger partial charge on any atom is -0.370 e. The molecule has 1 aliphatic rings. The van der Waals surface area contributed by atoms with E-state index in [0.29, 0.717) is 17.4 Å². The highest BCUT2D eigenvalue weighted by molar-refractivity contribution is 5.86. The van der Waals surface area contributed by atoms with Gasteiger partial charge in [0.25, 0.3) is 5.56 Å². The van der Waals surface area contributed by atoms with Crippen LogP contribution in [0.1, 0.15) is 6.42 Å². The lowest BCUT2D eigenvalue weighted by molar-refractivity contribution is 0.315. The summed E-state index contributed by atoms with van der Waals surface area (Å²) in [4.78, 5) is 28.2. The zero-order valence-electron chi connectivity index (χ0n) is 16.1. The SMILES string of the molecule is CN(C)C1CCN(c2ccc3[nH]c(-c4cc5ccccc5[nH]c4=O)nc3c2)C1. The first-order valence-corrected chi connectivity index (χ1v) is 9.62. The van der Waals surface area contributed by atoms with Gasteiger partial charge >= 0.3 is 0 Å². The fraction of sp³-hybridized carbons (Fsp3) is 0.273. The van der Waals surface area contributed by atoms with Gasteiger partial charge in [0.2, 0.25) is 0 Å². The van der Waals surface area contributed by atoms with E-state index in [1.165, 1.54) is 12.1 Å². The highest BCUT2D eigenvalue weighted by atomic mass is 16.1. The molecule has 1 saturated heterocycles. The highest BCUT2D eigenvalue weighted by Crippen LogP contribution is 2.27. The molecule has 142 valence electrons. The van der Waals surface area contributed by atoms with Crippen LogP contribution in [0.3, 0.4) is 0 Å². The number of anilines is 1. The predicted molar refractivity (Wildman–Crippen MR) is 114 cm³/mol. The van der Waals surface area contributed by atoms with Crippen molar-refractivity contribution < 1.29 is 0 Å². The van der Waals surface area contributed by atoms with Crippen molar-refractivity contribution >= 4 is 27.6 Å². The van der Waals surface area contributed by atoms with E-state index >= 15 is 0 Å². The number of nitrogens with one attached hydrogen (secondary N) is 2. The number of nitrogens with zero attached hydrogens (tertiary/aromatic N) is 3. The van der Waals surface area contributed by atoms with Crippen molar-refractivity contribution in [2.45, 2.75) is 12.5 Å². The van der Waals surface area contributed by atoms with Crippen LogP contribution < -0.4 is 10.5 Å². The van der Waals surface area contributed by atoms with Crippen LogP contribution in [-0.4, -0.2) is 53.1 Å². The molecule has 2 aromatic carbocycles. The Labute approximate surface area is 162 Å². The molecule has 2 aromatic heterocycles. The van der Waals surface area contributed by atoms with Crippen molar-refractivity contribution in [2.75, 3.05) is 32.1 Å². The van der Waals surface area contributed by atoms with Crippen LogP contribution in [0.5, 0.6) is 0 Å². The van der Waals surface area contributed by atoms with E-state index in [9.17, 15) is 4.79 Å². The van der Waals surface area contributed by atoms with Crippen molar-refractivity contribution in [1.29, 1.82) is 0 Å². The van der Waals surface area contributed by atoms with Crippen LogP contribution >= 0.6 is 0 Å². The van der Waals surface area contributed by atoms with Crippen molar-refractivity contribution in [3.8, 4) is 11.4 Å². The fourth-order valence-electron chi connectivity index (χ4n) is 4.04. The average molecular weight is 373 g/mol. The summed E-state index contributed by atoms with van der Waals surface area (Å²) >= 11 is 0. The van der Waals surface area contributed by atoms with Gasteiger partial charge in [-0.05, 0) is 56.2 Å². The Morgan fingerprint density at radius 2 is 1.93 bits per heavy atom. The lowest BCUT2D eigenvalue weighted by Gasteiger charge is -2.21. The minimum atomic E-state index is -0.133. The van der Waals surface area contributed by atoms with Crippen LogP contribution in [-0.2, 0) is 0 Å². The van der Waals surface area contributed by atoms with Crippen molar-refractivity contribution in [3.05, 3.63) is 58.9 Å². The molecule has 2 N–H and O–H groups in total. The summed E-state index contributed by atoms with van der Waals surface area (Å²) in [7, 11) is 4.27. The smallest absolute Gasteiger partial charge is 0.259 e. The Morgan fingerprint density at radius 1 is 1.07 bits per heavy atom. The quantitative estimate of drug-likeness (QED) is 0.579. The molecule has 0 amide bonds. The number of imidazole rings is 1. The summed E-state index contributed by atoms with van der Waals surface area (Å²) in [6.07, 6.45) is 1.17. The molecule has 3 heterocycles. The zero-order valence-corrected chi connectivity index (χ0v) is 16.1. The molecule has 4 aromatic rings. The number of rotatable bonds is 3. The molecular formula is C22H23N5O. The van der Waals surface area contributed by atoms with Gasteiger partial charge in [-0.1, -0.05) is 18.2 Å². The molecule has 1 atom stereocenters. The van der Waals surface area contributed by atoms with Crippen LogP contribution in [0, 0.1) is 0 Å². The average Bonchev–Trinajstić information content (AvgIpc) is 3.34. The molecule has 5 rings (SSSR count). The van der Waals surface area contributed by atoms with Gasteiger partial charge < -0.3 is 19.8 Å². The predicted octanol–water partition coefficient (Wildman–Crippen LogP) is 3.21. The number of fused-ring (bicyclic) bond motifs is 2. The second kappa shape index (κ2) is 6.49. The molecular weight excluding hydrogens is 350 g/mol. The number of aromatic amines is 2. The van der Waals surface area contributed by atoms with Gasteiger partial charge in [0.1, 0.15) is 5.82 Å². The van der Waals surface area contributed by atoms with E-state index in [-0.39, 0.29) is 5.56 Å². The number of H-pyrrole nitrogens is 2. The van der Waals surface area contributed by atoms with Crippen LogP contribution in [0.4, 0.5) is 5.69 Å². The second-order valence-corrected chi connectivity index (χ2v) is 7.74. The lowest BCUT2D eigenvalue weighted by atomic mass is 10.1. The maximum atomic E-state index is 12.6. The Morgan fingerprint density at radius 3 is 2.75 bits per heavy atom. The van der Waals surface area contributed by atoms with Crippen LogP contribution in [0.2, 0.25) is 0 Å². The maximum absolute atomic E-state index is 12.6. The number of benzene rings is 2. The molecule has 1 unspecified atom stereocenters. The third kappa shape index (κ3) is 2.86. The first kappa shape index (κ1) is 17.0. The molecule has 1 aliphatic heterocycles. The molecule has 0 spiro atoms. The number of likely N-dealkylation sites (N-methyl/N-ethyl adjacent to an activating group) is 1. The summed E-state index contributed by atoms with van der Waals surface area (Å²) < 4.78 is 0. The van der Waals surface area contributed by atoms with Gasteiger partial charge in [-0.2, -0.15) is 0 Å². The second-order valence-electron chi connectivity index (χ2n) is 7.74. The lowest BCUT2D eigenvalue weighted by Crippen LogP contribution is -2.31. The van der Waals surface area contributed by atoms with E-state index in [0.717, 1.165) is 35.0 Å². The Balaban J connectivity index is 1.52. The molecule has 28 heavy (non-hydrogen) atoms. The number of aromatic nitrogens is 3. The molecule has 6 heteroatoms. The Kier molecular flexibility index (Phi) is 3.94. The Hall–Kier alpha value is -3.12. The normalized spacial score (nSPS) is 17.2. The molecule has 0 bridgehead atoms. The van der Waals surface area contributed by atoms with Crippen molar-refractivity contribution in [3.63, 3.8) is 0 Å². The maximum Gasteiger partial charge on any atom is 0.259 e. The van der Waals surface area contributed by atoms with Gasteiger partial charge in [-0.3, -0.25) is 4.79 Å². The first-order chi connectivity index (χ1) is 13.6. The summed E-state index contributed by atoms with van der Waals surface area (Å²) in [5.74, 6) is 0.603. The number of para-hydroxylation sites is 1. The van der Waals surface area contributed by atoms with E-state index < -0.39 is 0 Å². The monoisotopic (exact) mass is 373 g/mol. The van der Waals surface area contributed by atoms with E-state index in [4.69, 9.17) is 4.98 Å². The zero-order chi connectivity index (χ0) is 19.3. The van der Waals surface area contributed by atoms with Gasteiger partial charge in [-0.15, -0.1) is 0 Å². The fourth-order valence-corrected chi connectivity index (χ4v) is 4.04. The topological polar surface area (TPSA) is 68.0 Å². The number of pyridine rings is 1. The van der Waals surface area contributed by atoms with E-state index in [2.05, 4.69) is 52.1 Å². The summed E-state index contributed by atoms with van der Waals surface area (Å²) in [5, 5.41) is 0.991. The van der Waals surface area contributed by atoms with Crippen molar-refractivity contribution in [2.24, 2.45) is 0 Å². The van der Waals surface area contributed by atoms with Crippen molar-refractivity contribution in [1.82, 2.24) is 19.9 Å². The van der Waals surface area contributed by atoms with E-state index in [1.54, 1.807) is 0 Å². The van der Waals surface area contributed by atoms with Gasteiger partial charge in [0.15, 0.2) is 0 Å². The third-order valence-corrected chi connectivity index (χ3v) is 5.73. The molecule has 0 aliphatic carbocycles. The summed E-state index contributed by atoms with van der Waals surface area (Å²) in [6.45, 7) is 2.08. The van der Waals surface area contributed by atoms with Crippen LogP contribution in [0.25, 0.3) is 33.3 Å². The number of hydrogen-bond donors (Lipinski definition) is 2. The summed E-state index contributed by atoms with van der Waals surface area (Å²) in [6, 6.07) is 16.6. The van der Waals surface area contributed by atoms with Crippen LogP contribution in [0.15, 0.2) is 53.3 Å². The highest BCUT2D eigenvalue weighted by Gasteiger charge is 2.24. The largest absolute Gasteiger partial charge is 0.370 e. The Bertz CT molecular complexity index is 1220. The van der Waals surface area contributed by atoms with E-state index in [1.807, 2.05) is 30.3 Å². The summed E-state index contributed by atoms with van der Waals surface area (Å²) in [5.41, 5.74) is 4.26. The standard InChI is InChI=1S/C22H23N5O/c1-26(2)16-9-10-27(13-16)15-7-8-19-20(12-15)24-21(23-19)17-11-14-5-3-4-6-18(14)25-22(17)28/h3-8,11-12,16H,9-10,13H2,1-2H3,(H,23,24)(H,25,28). The number of hydrogen-bond acceptors (Lipinski definition) is 4.